The summed E-state index contributed by atoms with van der Waals surface area (Å²) in [5, 5.41) is 22.5. The van der Waals surface area contributed by atoms with Gasteiger partial charge in [0.15, 0.2) is 11.6 Å². The van der Waals surface area contributed by atoms with Gasteiger partial charge in [0, 0.05) is 24.4 Å². The summed E-state index contributed by atoms with van der Waals surface area (Å²) in [7, 11) is 0. The number of aromatic hydroxyl groups is 1. The van der Waals surface area contributed by atoms with Gasteiger partial charge in [-0.2, -0.15) is 0 Å². The van der Waals surface area contributed by atoms with Crippen LogP contribution in [0, 0.1) is 10.1 Å². The molecule has 0 saturated carbocycles. The molecule has 0 fully saturated rings. The lowest BCUT2D eigenvalue weighted by atomic mass is 10.2. The van der Waals surface area contributed by atoms with E-state index in [9.17, 15) is 20.0 Å². The summed E-state index contributed by atoms with van der Waals surface area (Å²) in [6, 6.07) is 8.80. The Bertz CT molecular complexity index is 713. The monoisotopic (exact) mass is 285 g/mol. The first-order chi connectivity index (χ1) is 10.1. The van der Waals surface area contributed by atoms with Crippen LogP contribution in [0.2, 0.25) is 0 Å². The van der Waals surface area contributed by atoms with Gasteiger partial charge in [-0.05, 0) is 23.8 Å². The zero-order chi connectivity index (χ0) is 15.2. The summed E-state index contributed by atoms with van der Waals surface area (Å²) in [4.78, 5) is 25.6. The normalized spacial score (nSPS) is 10.5. The third-order valence-electron chi connectivity index (χ3n) is 2.54. The maximum Gasteiger partial charge on any atom is 0.270 e. The van der Waals surface area contributed by atoms with E-state index in [-0.39, 0.29) is 17.3 Å². The molecular weight excluding hydrogens is 274 g/mol. The summed E-state index contributed by atoms with van der Waals surface area (Å²) in [6.07, 6.45) is 4.06. The van der Waals surface area contributed by atoms with E-state index in [1.165, 1.54) is 48.7 Å². The van der Waals surface area contributed by atoms with Crippen molar-refractivity contribution >= 4 is 23.5 Å². The van der Waals surface area contributed by atoms with Crippen LogP contribution in [-0.4, -0.2) is 20.9 Å². The molecular formula is C14H11N3O4. The molecule has 0 spiro atoms. The summed E-state index contributed by atoms with van der Waals surface area (Å²) >= 11 is 0. The van der Waals surface area contributed by atoms with Crippen molar-refractivity contribution in [1.82, 2.24) is 4.98 Å². The zero-order valence-corrected chi connectivity index (χ0v) is 10.8. The minimum absolute atomic E-state index is 0.0474. The van der Waals surface area contributed by atoms with Crippen molar-refractivity contribution in [3.8, 4) is 5.75 Å². The standard InChI is InChI=1S/C14H11N3O4/c18-12-5-2-8-15-14(12)16-13(19)7-6-10-3-1-4-11(9-10)17(20)21/h1-9,18H,(H,15,16,19)/b7-6+. The first-order valence-corrected chi connectivity index (χ1v) is 5.94. The Morgan fingerprint density at radius 3 is 2.86 bits per heavy atom. The number of nitro benzene ring substituents is 1. The Morgan fingerprint density at radius 2 is 2.14 bits per heavy atom. The number of carbonyl (C=O) groups excluding carboxylic acids is 1. The summed E-state index contributed by atoms with van der Waals surface area (Å²) < 4.78 is 0. The van der Waals surface area contributed by atoms with Crippen molar-refractivity contribution in [3.63, 3.8) is 0 Å². The summed E-state index contributed by atoms with van der Waals surface area (Å²) in [5.74, 6) is -0.601. The third-order valence-corrected chi connectivity index (χ3v) is 2.54. The molecule has 0 unspecified atom stereocenters. The average Bonchev–Trinajstić information content (AvgIpc) is 2.48. The van der Waals surface area contributed by atoms with Crippen LogP contribution in [0.3, 0.4) is 0 Å². The number of amides is 1. The number of hydrogen-bond donors (Lipinski definition) is 2. The van der Waals surface area contributed by atoms with E-state index in [4.69, 9.17) is 0 Å². The fourth-order valence-electron chi connectivity index (χ4n) is 1.57. The molecule has 1 aromatic carbocycles. The lowest BCUT2D eigenvalue weighted by Crippen LogP contribution is -2.09. The number of nitro groups is 1. The van der Waals surface area contributed by atoms with E-state index in [0.717, 1.165) is 0 Å². The quantitative estimate of drug-likeness (QED) is 0.509. The van der Waals surface area contributed by atoms with Crippen molar-refractivity contribution in [3.05, 3.63) is 64.3 Å². The summed E-state index contributed by atoms with van der Waals surface area (Å²) in [6.45, 7) is 0. The van der Waals surface area contributed by atoms with Gasteiger partial charge in [-0.1, -0.05) is 12.1 Å². The molecule has 7 nitrogen and oxygen atoms in total. The van der Waals surface area contributed by atoms with Crippen LogP contribution in [0.5, 0.6) is 5.75 Å². The summed E-state index contributed by atoms with van der Waals surface area (Å²) in [5.41, 5.74) is 0.463. The second-order valence-electron chi connectivity index (χ2n) is 4.05. The Morgan fingerprint density at radius 1 is 1.33 bits per heavy atom. The van der Waals surface area contributed by atoms with Gasteiger partial charge < -0.3 is 10.4 Å². The molecule has 21 heavy (non-hydrogen) atoms. The van der Waals surface area contributed by atoms with E-state index in [1.54, 1.807) is 6.07 Å². The lowest BCUT2D eigenvalue weighted by Gasteiger charge is -2.02. The Kier molecular flexibility index (Phi) is 4.25. The Hall–Kier alpha value is -3.22. The van der Waals surface area contributed by atoms with Gasteiger partial charge in [0.1, 0.15) is 0 Å². The minimum atomic E-state index is -0.511. The predicted molar refractivity (Wildman–Crippen MR) is 76.7 cm³/mol. The van der Waals surface area contributed by atoms with E-state index in [2.05, 4.69) is 10.3 Å². The molecule has 106 valence electrons. The van der Waals surface area contributed by atoms with Crippen molar-refractivity contribution in [2.45, 2.75) is 0 Å². The van der Waals surface area contributed by atoms with Crippen LogP contribution >= 0.6 is 0 Å². The van der Waals surface area contributed by atoms with Crippen molar-refractivity contribution < 1.29 is 14.8 Å². The molecule has 7 heteroatoms. The highest BCUT2D eigenvalue weighted by Gasteiger charge is 2.06. The van der Waals surface area contributed by atoms with Gasteiger partial charge in [0.05, 0.1) is 4.92 Å². The molecule has 2 N–H and O–H groups in total. The van der Waals surface area contributed by atoms with Crippen LogP contribution < -0.4 is 5.32 Å². The largest absolute Gasteiger partial charge is 0.504 e. The maximum absolute atomic E-state index is 11.7. The van der Waals surface area contributed by atoms with Gasteiger partial charge in [-0.25, -0.2) is 4.98 Å². The molecule has 0 saturated heterocycles. The maximum atomic E-state index is 11.7. The molecule has 0 aliphatic rings. The molecule has 0 atom stereocenters. The highest BCUT2D eigenvalue weighted by molar-refractivity contribution is 6.02. The van der Waals surface area contributed by atoms with Gasteiger partial charge in [-0.3, -0.25) is 14.9 Å². The fraction of sp³-hybridized carbons (Fsp3) is 0. The molecule has 2 rings (SSSR count). The number of rotatable bonds is 4. The van der Waals surface area contributed by atoms with Crippen LogP contribution in [0.15, 0.2) is 48.7 Å². The number of benzene rings is 1. The molecule has 0 bridgehead atoms. The molecule has 1 amide bonds. The molecule has 1 aromatic heterocycles. The van der Waals surface area contributed by atoms with E-state index in [1.807, 2.05) is 0 Å². The van der Waals surface area contributed by atoms with Crippen LogP contribution in [0.1, 0.15) is 5.56 Å². The first kappa shape index (κ1) is 14.2. The Balaban J connectivity index is 2.07. The van der Waals surface area contributed by atoms with E-state index >= 15 is 0 Å². The van der Waals surface area contributed by atoms with Gasteiger partial charge in [-0.15, -0.1) is 0 Å². The Labute approximate surface area is 119 Å². The second kappa shape index (κ2) is 6.29. The molecule has 0 radical (unpaired) electrons. The third kappa shape index (κ3) is 3.87. The van der Waals surface area contributed by atoms with E-state index < -0.39 is 10.8 Å². The van der Waals surface area contributed by atoms with Crippen LogP contribution in [0.4, 0.5) is 11.5 Å². The number of anilines is 1. The highest BCUT2D eigenvalue weighted by Crippen LogP contribution is 2.18. The van der Waals surface area contributed by atoms with Gasteiger partial charge in [0.25, 0.3) is 5.69 Å². The molecule has 0 aliphatic carbocycles. The number of aromatic nitrogens is 1. The number of nitrogens with one attached hydrogen (secondary N) is 1. The number of nitrogens with zero attached hydrogens (tertiary/aromatic N) is 2. The number of non-ortho nitro benzene ring substituents is 1. The average molecular weight is 285 g/mol. The van der Waals surface area contributed by atoms with Crippen molar-refractivity contribution in [2.24, 2.45) is 0 Å². The highest BCUT2D eigenvalue weighted by atomic mass is 16.6. The number of pyridine rings is 1. The van der Waals surface area contributed by atoms with Crippen molar-refractivity contribution in [2.75, 3.05) is 5.32 Å². The van der Waals surface area contributed by atoms with Gasteiger partial charge >= 0.3 is 0 Å². The minimum Gasteiger partial charge on any atom is -0.504 e. The van der Waals surface area contributed by atoms with Gasteiger partial charge in [0.2, 0.25) is 5.91 Å². The molecule has 0 aliphatic heterocycles. The van der Waals surface area contributed by atoms with Crippen LogP contribution in [0.25, 0.3) is 6.08 Å². The number of carbonyl (C=O) groups is 1. The number of hydrogen-bond acceptors (Lipinski definition) is 5. The SMILES string of the molecule is O=C(/C=C/c1cccc([N+](=O)[O-])c1)Nc1ncccc1O. The van der Waals surface area contributed by atoms with Crippen molar-refractivity contribution in [1.29, 1.82) is 0 Å². The topological polar surface area (TPSA) is 105 Å². The lowest BCUT2D eigenvalue weighted by molar-refractivity contribution is -0.384. The first-order valence-electron chi connectivity index (χ1n) is 5.94. The van der Waals surface area contributed by atoms with E-state index in [0.29, 0.717) is 5.56 Å². The predicted octanol–water partition coefficient (Wildman–Crippen LogP) is 2.35. The molecule has 2 aromatic rings. The van der Waals surface area contributed by atoms with Crippen LogP contribution in [-0.2, 0) is 4.79 Å². The smallest absolute Gasteiger partial charge is 0.270 e. The second-order valence-corrected chi connectivity index (χ2v) is 4.05. The molecule has 1 heterocycles. The fourth-order valence-corrected chi connectivity index (χ4v) is 1.57. The zero-order valence-electron chi connectivity index (χ0n) is 10.8.